The van der Waals surface area contributed by atoms with Crippen molar-refractivity contribution in [2.75, 3.05) is 0 Å². The molecule has 0 atom stereocenters. The lowest BCUT2D eigenvalue weighted by Gasteiger charge is -1.97. The van der Waals surface area contributed by atoms with Crippen molar-refractivity contribution >= 4 is 6.08 Å². The molecular weight excluding hydrogens is 168 g/mol. The molecule has 0 saturated carbocycles. The van der Waals surface area contributed by atoms with E-state index >= 15 is 0 Å². The van der Waals surface area contributed by atoms with Crippen molar-refractivity contribution in [3.05, 3.63) is 60.9 Å². The van der Waals surface area contributed by atoms with E-state index in [1.165, 1.54) is 24.0 Å². The van der Waals surface area contributed by atoms with E-state index in [-0.39, 0.29) is 0 Å². The fourth-order valence-corrected chi connectivity index (χ4v) is 1.11. The van der Waals surface area contributed by atoms with E-state index < -0.39 is 0 Å². The molecule has 0 aliphatic heterocycles. The van der Waals surface area contributed by atoms with Crippen LogP contribution < -0.4 is 0 Å². The van der Waals surface area contributed by atoms with Gasteiger partial charge < -0.3 is 0 Å². The highest BCUT2D eigenvalue weighted by Crippen LogP contribution is 2.06. The van der Waals surface area contributed by atoms with Crippen LogP contribution in [0, 0.1) is 0 Å². The third kappa shape index (κ3) is 5.18. The highest BCUT2D eigenvalue weighted by molar-refractivity contribution is 5.47. The average Bonchev–Trinajstić information content (AvgIpc) is 2.21. The molecule has 0 spiro atoms. The minimum Gasteiger partial charge on any atom is -0.137 e. The van der Waals surface area contributed by atoms with Crippen LogP contribution >= 0.6 is 0 Å². The van der Waals surface area contributed by atoms with Gasteiger partial charge in [0.2, 0.25) is 0 Å². The van der Waals surface area contributed by atoms with Crippen LogP contribution in [0.5, 0.6) is 0 Å². The molecule has 0 aromatic heterocycles. The van der Waals surface area contributed by atoms with Crippen molar-refractivity contribution in [3.63, 3.8) is 0 Å². The molecule has 0 radical (unpaired) electrons. The number of hydrogen-bond acceptors (Lipinski definition) is 0. The average molecular weight is 186 g/mol. The van der Waals surface area contributed by atoms with E-state index in [2.05, 4.69) is 56.7 Å². The molecule has 0 heterocycles. The summed E-state index contributed by atoms with van der Waals surface area (Å²) in [5, 5.41) is 0. The van der Waals surface area contributed by atoms with Crippen LogP contribution in [-0.2, 0) is 6.42 Å². The van der Waals surface area contributed by atoms with E-state index in [1.807, 2.05) is 6.08 Å². The zero-order valence-corrected chi connectivity index (χ0v) is 8.92. The van der Waals surface area contributed by atoms with Crippen molar-refractivity contribution in [2.45, 2.75) is 19.8 Å². The van der Waals surface area contributed by atoms with Gasteiger partial charge in [0.15, 0.2) is 0 Å². The van der Waals surface area contributed by atoms with Gasteiger partial charge in [0, 0.05) is 0 Å². The Balaban J connectivity index is 0.000000500. The second kappa shape index (κ2) is 8.10. The standard InChI is InChI=1S/C11H14.C3H4/c1-3-5-11-8-6-10(4-2)7-9-11;1-3-2/h4,6-9H,2-3,5H2,1H3;1-2H2. The molecule has 0 heteroatoms. The molecule has 1 rings (SSSR count). The molecular formula is C14H18. The summed E-state index contributed by atoms with van der Waals surface area (Å²) in [6.07, 6.45) is 4.26. The summed E-state index contributed by atoms with van der Waals surface area (Å²) < 4.78 is 0. The maximum atomic E-state index is 3.71. The maximum Gasteiger partial charge on any atom is -0.0262 e. The lowest BCUT2D eigenvalue weighted by atomic mass is 10.1. The molecule has 0 nitrogen and oxygen atoms in total. The predicted molar refractivity (Wildman–Crippen MR) is 65.3 cm³/mol. The summed E-state index contributed by atoms with van der Waals surface area (Å²) in [6.45, 7) is 12.2. The molecule has 14 heavy (non-hydrogen) atoms. The van der Waals surface area contributed by atoms with Gasteiger partial charge in [-0.05, 0) is 17.5 Å². The van der Waals surface area contributed by atoms with Crippen molar-refractivity contribution in [2.24, 2.45) is 0 Å². The molecule has 0 aliphatic carbocycles. The number of rotatable bonds is 3. The van der Waals surface area contributed by atoms with Gasteiger partial charge in [0.05, 0.1) is 0 Å². The minimum atomic E-state index is 1.18. The molecule has 0 amide bonds. The summed E-state index contributed by atoms with van der Waals surface area (Å²) in [5.41, 5.74) is 4.86. The zero-order valence-electron chi connectivity index (χ0n) is 8.92. The highest BCUT2D eigenvalue weighted by Gasteiger charge is 1.89. The van der Waals surface area contributed by atoms with Crippen LogP contribution in [0.25, 0.3) is 6.08 Å². The fraction of sp³-hybridized carbons (Fsp3) is 0.214. The predicted octanol–water partition coefficient (Wildman–Crippen LogP) is 4.24. The fourth-order valence-electron chi connectivity index (χ4n) is 1.11. The van der Waals surface area contributed by atoms with Crippen LogP contribution in [-0.4, -0.2) is 0 Å². The lowest BCUT2D eigenvalue weighted by molar-refractivity contribution is 0.922. The van der Waals surface area contributed by atoms with Gasteiger partial charge in [0.25, 0.3) is 0 Å². The number of aryl methyl sites for hydroxylation is 1. The van der Waals surface area contributed by atoms with Crippen molar-refractivity contribution < 1.29 is 0 Å². The Hall–Kier alpha value is -1.52. The van der Waals surface area contributed by atoms with Crippen molar-refractivity contribution in [1.29, 1.82) is 0 Å². The van der Waals surface area contributed by atoms with Crippen LogP contribution in [0.1, 0.15) is 24.5 Å². The Bertz CT molecular complexity index is 284. The zero-order chi connectivity index (χ0) is 10.8. The number of hydrogen-bond donors (Lipinski definition) is 0. The first-order valence-corrected chi connectivity index (χ1v) is 4.79. The van der Waals surface area contributed by atoms with Crippen molar-refractivity contribution in [1.82, 2.24) is 0 Å². The van der Waals surface area contributed by atoms with E-state index in [0.29, 0.717) is 0 Å². The molecule has 0 unspecified atom stereocenters. The molecule has 0 saturated heterocycles. The van der Waals surface area contributed by atoms with Crippen LogP contribution in [0.4, 0.5) is 0 Å². The third-order valence-electron chi connectivity index (χ3n) is 1.75. The Morgan fingerprint density at radius 3 is 2.07 bits per heavy atom. The van der Waals surface area contributed by atoms with Gasteiger partial charge in [-0.15, -0.1) is 5.73 Å². The van der Waals surface area contributed by atoms with Gasteiger partial charge >= 0.3 is 0 Å². The molecule has 0 N–H and O–H groups in total. The number of benzene rings is 1. The summed E-state index contributed by atoms with van der Waals surface area (Å²) in [4.78, 5) is 0. The third-order valence-corrected chi connectivity index (χ3v) is 1.75. The highest BCUT2D eigenvalue weighted by atomic mass is 13.9. The first kappa shape index (κ1) is 12.5. The van der Waals surface area contributed by atoms with Gasteiger partial charge in [-0.25, -0.2) is 0 Å². The van der Waals surface area contributed by atoms with Crippen molar-refractivity contribution in [3.8, 4) is 0 Å². The summed E-state index contributed by atoms with van der Waals surface area (Å²) in [6, 6.07) is 8.55. The lowest BCUT2D eigenvalue weighted by Crippen LogP contribution is -1.81. The normalized spacial score (nSPS) is 8.07. The Morgan fingerprint density at radius 2 is 1.71 bits per heavy atom. The summed E-state index contributed by atoms with van der Waals surface area (Å²) in [7, 11) is 0. The molecule has 0 fully saturated rings. The second-order valence-corrected chi connectivity index (χ2v) is 2.95. The van der Waals surface area contributed by atoms with Crippen LogP contribution in [0.2, 0.25) is 0 Å². The molecule has 74 valence electrons. The van der Waals surface area contributed by atoms with Gasteiger partial charge in [-0.2, -0.15) is 0 Å². The Labute approximate surface area is 87.3 Å². The molecule has 1 aromatic rings. The quantitative estimate of drug-likeness (QED) is 0.619. The molecule has 0 aliphatic rings. The van der Waals surface area contributed by atoms with Gasteiger partial charge in [0.1, 0.15) is 0 Å². The van der Waals surface area contributed by atoms with Gasteiger partial charge in [-0.1, -0.05) is 63.4 Å². The van der Waals surface area contributed by atoms with E-state index in [1.54, 1.807) is 0 Å². The SMILES string of the molecule is C=C=C.C=Cc1ccc(CCC)cc1. The first-order valence-electron chi connectivity index (χ1n) is 4.79. The Kier molecular flexibility index (Phi) is 7.22. The topological polar surface area (TPSA) is 0 Å². The Morgan fingerprint density at radius 1 is 1.21 bits per heavy atom. The minimum absolute atomic E-state index is 1.18. The smallest absolute Gasteiger partial charge is 0.0262 e. The largest absolute Gasteiger partial charge is 0.137 e. The molecule has 1 aromatic carbocycles. The molecule has 0 bridgehead atoms. The van der Waals surface area contributed by atoms with Gasteiger partial charge in [-0.3, -0.25) is 0 Å². The maximum absolute atomic E-state index is 3.71. The van der Waals surface area contributed by atoms with Crippen LogP contribution in [0.15, 0.2) is 49.7 Å². The van der Waals surface area contributed by atoms with E-state index in [9.17, 15) is 0 Å². The first-order chi connectivity index (χ1) is 6.78. The summed E-state index contributed by atoms with van der Waals surface area (Å²) >= 11 is 0. The van der Waals surface area contributed by atoms with Crippen LogP contribution in [0.3, 0.4) is 0 Å². The van der Waals surface area contributed by atoms with E-state index in [0.717, 1.165) is 0 Å². The second-order valence-electron chi connectivity index (χ2n) is 2.95. The van der Waals surface area contributed by atoms with E-state index in [4.69, 9.17) is 0 Å². The summed E-state index contributed by atoms with van der Waals surface area (Å²) in [5.74, 6) is 0. The monoisotopic (exact) mass is 186 g/mol.